The van der Waals surface area contributed by atoms with Crippen molar-refractivity contribution >= 4 is 35.9 Å². The van der Waals surface area contributed by atoms with Crippen LogP contribution in [0, 0.1) is 12.7 Å². The van der Waals surface area contributed by atoms with Crippen LogP contribution in [-0.2, 0) is 6.18 Å². The number of carbonyl (C=O) groups is 1. The van der Waals surface area contributed by atoms with Crippen LogP contribution in [0.4, 0.5) is 28.9 Å². The van der Waals surface area contributed by atoms with E-state index >= 15 is 0 Å². The van der Waals surface area contributed by atoms with E-state index in [9.17, 15) is 22.4 Å². The van der Waals surface area contributed by atoms with Crippen LogP contribution >= 0.6 is 0 Å². The van der Waals surface area contributed by atoms with Gasteiger partial charge >= 0.3 is 6.18 Å². The first kappa shape index (κ1) is 29.6. The van der Waals surface area contributed by atoms with E-state index < -0.39 is 23.5 Å². The van der Waals surface area contributed by atoms with Crippen LogP contribution in [0.5, 0.6) is 0 Å². The molecule has 1 fully saturated rings. The summed E-state index contributed by atoms with van der Waals surface area (Å²) in [6.07, 6.45) is 1.65. The van der Waals surface area contributed by atoms with Crippen LogP contribution in [0.3, 0.4) is 0 Å². The van der Waals surface area contributed by atoms with Crippen LogP contribution in [0.15, 0.2) is 52.7 Å². The van der Waals surface area contributed by atoms with Gasteiger partial charge in [-0.15, -0.1) is 5.10 Å². The van der Waals surface area contributed by atoms with Crippen LogP contribution in [-0.4, -0.2) is 65.0 Å². The quantitative estimate of drug-likeness (QED) is 0.188. The third-order valence-corrected chi connectivity index (χ3v) is 6.61. The van der Waals surface area contributed by atoms with Gasteiger partial charge in [0.2, 0.25) is 0 Å². The predicted octanol–water partition coefficient (Wildman–Crippen LogP) is 5.58. The number of aliphatic imine (C=N–C) groups is 2. The highest BCUT2D eigenvalue weighted by atomic mass is 19.4. The molecular weight excluding hydrogens is 540 g/mol. The van der Waals surface area contributed by atoms with E-state index in [-0.39, 0.29) is 17.8 Å². The molecule has 1 aromatic heterocycles. The van der Waals surface area contributed by atoms with Gasteiger partial charge in [-0.2, -0.15) is 13.2 Å². The number of hydrogen-bond acceptors (Lipinski definition) is 6. The summed E-state index contributed by atoms with van der Waals surface area (Å²) < 4.78 is 57.3. The standard InChI is InChI=1S/C28H30F4N8O/c1-18-6-7-21(14-25(18)40-16-24(37-38-40)19(2)15-34-17-33-3)36-27(41)20-12-22(28(30,31)32)26(29)23(13-20)35-8-11-39-9-4-5-10-39/h6-7,12-17,35H,3-5,8-11H2,1-2H3,(H,36,41)/b19-15+,34-17-. The number of nitrogens with zero attached hydrogens (tertiary/aromatic N) is 6. The van der Waals surface area contributed by atoms with Crippen LogP contribution in [0.1, 0.15) is 46.9 Å². The van der Waals surface area contributed by atoms with E-state index in [0.717, 1.165) is 43.1 Å². The van der Waals surface area contributed by atoms with Gasteiger partial charge in [0.05, 0.1) is 23.1 Å². The van der Waals surface area contributed by atoms with Crippen molar-refractivity contribution < 1.29 is 22.4 Å². The van der Waals surface area contributed by atoms with Crippen molar-refractivity contribution in [1.82, 2.24) is 19.9 Å². The molecule has 1 saturated heterocycles. The zero-order valence-corrected chi connectivity index (χ0v) is 22.7. The Kier molecular flexibility index (Phi) is 9.28. The van der Waals surface area contributed by atoms with Crippen LogP contribution in [0.2, 0.25) is 0 Å². The lowest BCUT2D eigenvalue weighted by Gasteiger charge is -2.18. The Morgan fingerprint density at radius 3 is 2.66 bits per heavy atom. The number of carbonyl (C=O) groups excluding carboxylic acids is 1. The third kappa shape index (κ3) is 7.42. The first-order valence-corrected chi connectivity index (χ1v) is 12.9. The number of alkyl halides is 3. The number of rotatable bonds is 10. The number of benzene rings is 2. The normalized spacial score (nSPS) is 14.5. The van der Waals surface area contributed by atoms with Gasteiger partial charge in [0, 0.05) is 30.5 Å². The second kappa shape index (κ2) is 12.9. The maximum atomic E-state index is 14.8. The smallest absolute Gasteiger partial charge is 0.381 e. The lowest BCUT2D eigenvalue weighted by Crippen LogP contribution is -2.26. The number of anilines is 2. The zero-order valence-electron chi connectivity index (χ0n) is 22.7. The van der Waals surface area contributed by atoms with Crippen molar-refractivity contribution in [2.75, 3.05) is 36.8 Å². The molecule has 4 rings (SSSR count). The SMILES string of the molecule is C=N/C=N\C=C(/C)c1cn(-c2cc(NC(=O)c3cc(NCCN4CCCC4)c(F)c(C(F)(F)F)c3)ccc2C)nn1. The van der Waals surface area contributed by atoms with Crippen LogP contribution < -0.4 is 10.6 Å². The molecule has 0 bridgehead atoms. The monoisotopic (exact) mass is 570 g/mol. The van der Waals surface area contributed by atoms with Gasteiger partial charge in [-0.3, -0.25) is 9.79 Å². The number of aromatic nitrogens is 3. The summed E-state index contributed by atoms with van der Waals surface area (Å²) in [6, 6.07) is 6.58. The molecular formula is C28H30F4N8O. The van der Waals surface area contributed by atoms with Gasteiger partial charge in [0.1, 0.15) is 12.0 Å². The number of amides is 1. The molecule has 2 heterocycles. The minimum Gasteiger partial charge on any atom is -0.381 e. The molecule has 9 nitrogen and oxygen atoms in total. The fourth-order valence-electron chi connectivity index (χ4n) is 4.40. The highest BCUT2D eigenvalue weighted by Crippen LogP contribution is 2.35. The Balaban J connectivity index is 1.56. The Morgan fingerprint density at radius 2 is 1.95 bits per heavy atom. The molecule has 2 aromatic carbocycles. The summed E-state index contributed by atoms with van der Waals surface area (Å²) in [5, 5.41) is 13.6. The first-order valence-electron chi connectivity index (χ1n) is 12.9. The summed E-state index contributed by atoms with van der Waals surface area (Å²) in [4.78, 5) is 22.7. The van der Waals surface area contributed by atoms with E-state index in [1.807, 2.05) is 6.92 Å². The van der Waals surface area contributed by atoms with Crippen molar-refractivity contribution in [2.24, 2.45) is 9.98 Å². The van der Waals surface area contributed by atoms with E-state index in [0.29, 0.717) is 29.7 Å². The largest absolute Gasteiger partial charge is 0.419 e. The summed E-state index contributed by atoms with van der Waals surface area (Å²) in [5.74, 6) is -2.26. The Bertz CT molecular complexity index is 1470. The molecule has 1 aliphatic heterocycles. The molecule has 0 radical (unpaired) electrons. The van der Waals surface area contributed by atoms with Gasteiger partial charge in [-0.05, 0) is 81.9 Å². The lowest BCUT2D eigenvalue weighted by atomic mass is 10.1. The van der Waals surface area contributed by atoms with Gasteiger partial charge in [0.15, 0.2) is 5.82 Å². The molecule has 0 saturated carbocycles. The van der Waals surface area contributed by atoms with Gasteiger partial charge < -0.3 is 15.5 Å². The third-order valence-electron chi connectivity index (χ3n) is 6.61. The molecule has 1 amide bonds. The van der Waals surface area contributed by atoms with Crippen molar-refractivity contribution in [3.05, 3.63) is 70.9 Å². The molecule has 0 spiro atoms. The summed E-state index contributed by atoms with van der Waals surface area (Å²) in [7, 11) is 0. The fourth-order valence-corrected chi connectivity index (χ4v) is 4.40. The van der Waals surface area contributed by atoms with Gasteiger partial charge in [-0.25, -0.2) is 14.1 Å². The summed E-state index contributed by atoms with van der Waals surface area (Å²) >= 11 is 0. The molecule has 0 aliphatic carbocycles. The Hall–Kier alpha value is -4.39. The van der Waals surface area contributed by atoms with Gasteiger partial charge in [-0.1, -0.05) is 11.3 Å². The molecule has 0 unspecified atom stereocenters. The number of nitrogens with one attached hydrogen (secondary N) is 2. The number of hydrogen-bond donors (Lipinski definition) is 2. The topological polar surface area (TPSA) is 99.8 Å². The molecule has 13 heteroatoms. The van der Waals surface area contributed by atoms with Crippen molar-refractivity contribution in [1.29, 1.82) is 0 Å². The molecule has 2 N–H and O–H groups in total. The van der Waals surface area contributed by atoms with Crippen LogP contribution in [0.25, 0.3) is 11.3 Å². The highest BCUT2D eigenvalue weighted by Gasteiger charge is 2.36. The molecule has 41 heavy (non-hydrogen) atoms. The maximum Gasteiger partial charge on any atom is 0.419 e. The highest BCUT2D eigenvalue weighted by molar-refractivity contribution is 6.05. The van der Waals surface area contributed by atoms with E-state index in [2.05, 4.69) is 42.5 Å². The maximum absolute atomic E-state index is 14.8. The van der Waals surface area contributed by atoms with E-state index in [4.69, 9.17) is 0 Å². The number of halogens is 4. The minimum absolute atomic E-state index is 0.243. The molecule has 216 valence electrons. The second-order valence-electron chi connectivity index (χ2n) is 9.62. The fraction of sp³-hybridized carbons (Fsp3) is 0.321. The molecule has 3 aromatic rings. The van der Waals surface area contributed by atoms with Crippen molar-refractivity contribution in [2.45, 2.75) is 32.9 Å². The minimum atomic E-state index is -4.98. The van der Waals surface area contributed by atoms with E-state index in [1.165, 1.54) is 11.0 Å². The Morgan fingerprint density at radius 1 is 1.20 bits per heavy atom. The average Bonchev–Trinajstić information content (AvgIpc) is 3.63. The molecule has 1 aliphatic rings. The second-order valence-corrected chi connectivity index (χ2v) is 9.62. The first-order chi connectivity index (χ1) is 19.6. The van der Waals surface area contributed by atoms with Crippen molar-refractivity contribution in [3.63, 3.8) is 0 Å². The zero-order chi connectivity index (χ0) is 29.6. The number of likely N-dealkylation sites (tertiary alicyclic amines) is 1. The van der Waals surface area contributed by atoms with E-state index in [1.54, 1.807) is 37.5 Å². The summed E-state index contributed by atoms with van der Waals surface area (Å²) in [5.41, 5.74) is 0.762. The van der Waals surface area contributed by atoms with Gasteiger partial charge in [0.25, 0.3) is 5.91 Å². The Labute approximate surface area is 234 Å². The lowest BCUT2D eigenvalue weighted by molar-refractivity contribution is -0.139. The average molecular weight is 571 g/mol. The van der Waals surface area contributed by atoms with Crippen molar-refractivity contribution in [3.8, 4) is 5.69 Å². The summed E-state index contributed by atoms with van der Waals surface area (Å²) in [6.45, 7) is 9.54. The number of aryl methyl sites for hydroxylation is 1. The molecule has 0 atom stereocenters. The predicted molar refractivity (Wildman–Crippen MR) is 151 cm³/mol. The number of allylic oxidation sites excluding steroid dienone is 1.